The second-order valence-electron chi connectivity index (χ2n) is 4.72. The first-order chi connectivity index (χ1) is 10.0. The number of benzene rings is 1. The summed E-state index contributed by atoms with van der Waals surface area (Å²) in [6, 6.07) is 7.10. The number of thiazole rings is 1. The number of aromatic nitrogens is 1. The molecule has 2 N–H and O–H groups in total. The summed E-state index contributed by atoms with van der Waals surface area (Å²) >= 11 is 1.48. The third-order valence-electron chi connectivity index (χ3n) is 3.13. The van der Waals surface area contributed by atoms with Crippen molar-refractivity contribution in [2.24, 2.45) is 0 Å². The van der Waals surface area contributed by atoms with Crippen LogP contribution in [0.3, 0.4) is 0 Å². The Bertz CT molecular complexity index is 620. The lowest BCUT2D eigenvalue weighted by atomic mass is 10.2. The minimum absolute atomic E-state index is 0.130. The van der Waals surface area contributed by atoms with Gasteiger partial charge in [-0.3, -0.25) is 4.79 Å². The summed E-state index contributed by atoms with van der Waals surface area (Å²) in [7, 11) is 1.60. The number of anilines is 2. The Morgan fingerprint density at radius 1 is 1.33 bits per heavy atom. The minimum Gasteiger partial charge on any atom is -0.495 e. The number of aryl methyl sites for hydroxylation is 2. The Balaban J connectivity index is 2.02. The molecule has 1 atom stereocenters. The molecule has 0 bridgehead atoms. The summed E-state index contributed by atoms with van der Waals surface area (Å²) in [5.41, 5.74) is 1.73. The third kappa shape index (κ3) is 3.72. The standard InChI is InChI=1S/C15H19N3O2S/c1-9-11(3)21-15(17-9)18-14(19)10(2)16-12-7-5-6-8-13(12)20-4/h5-8,10,16H,1-4H3,(H,17,18,19)/t10-/m1/s1. The molecule has 2 aromatic rings. The molecule has 5 nitrogen and oxygen atoms in total. The molecular formula is C15H19N3O2S. The average Bonchev–Trinajstić information content (AvgIpc) is 2.77. The van der Waals surface area contributed by atoms with E-state index in [1.54, 1.807) is 14.0 Å². The van der Waals surface area contributed by atoms with E-state index in [0.29, 0.717) is 10.9 Å². The van der Waals surface area contributed by atoms with Crippen LogP contribution in [0.15, 0.2) is 24.3 Å². The number of carbonyl (C=O) groups is 1. The number of methoxy groups -OCH3 is 1. The van der Waals surface area contributed by atoms with Crippen molar-refractivity contribution in [1.82, 2.24) is 4.98 Å². The van der Waals surface area contributed by atoms with Crippen molar-refractivity contribution < 1.29 is 9.53 Å². The number of ether oxygens (including phenoxy) is 1. The smallest absolute Gasteiger partial charge is 0.248 e. The second kappa shape index (κ2) is 6.58. The van der Waals surface area contributed by atoms with Gasteiger partial charge in [-0.2, -0.15) is 0 Å². The lowest BCUT2D eigenvalue weighted by Crippen LogP contribution is -2.31. The molecule has 0 spiro atoms. The Labute approximate surface area is 128 Å². The molecule has 0 fully saturated rings. The van der Waals surface area contributed by atoms with E-state index in [2.05, 4.69) is 15.6 Å². The van der Waals surface area contributed by atoms with Crippen LogP contribution in [0.2, 0.25) is 0 Å². The lowest BCUT2D eigenvalue weighted by Gasteiger charge is -2.16. The van der Waals surface area contributed by atoms with E-state index in [1.165, 1.54) is 11.3 Å². The average molecular weight is 305 g/mol. The molecule has 0 aliphatic heterocycles. The first-order valence-electron chi connectivity index (χ1n) is 6.65. The zero-order chi connectivity index (χ0) is 15.4. The Morgan fingerprint density at radius 3 is 2.67 bits per heavy atom. The van der Waals surface area contributed by atoms with Crippen molar-refractivity contribution in [2.75, 3.05) is 17.7 Å². The van der Waals surface area contributed by atoms with Crippen LogP contribution < -0.4 is 15.4 Å². The van der Waals surface area contributed by atoms with Gasteiger partial charge in [0.1, 0.15) is 11.8 Å². The summed E-state index contributed by atoms with van der Waals surface area (Å²) in [6.07, 6.45) is 0. The van der Waals surface area contributed by atoms with Crippen molar-refractivity contribution in [3.05, 3.63) is 34.8 Å². The Hall–Kier alpha value is -2.08. The van der Waals surface area contributed by atoms with Crippen LogP contribution in [0.25, 0.3) is 0 Å². The maximum absolute atomic E-state index is 12.2. The highest BCUT2D eigenvalue weighted by molar-refractivity contribution is 7.15. The summed E-state index contributed by atoms with van der Waals surface area (Å²) < 4.78 is 5.26. The normalized spacial score (nSPS) is 11.8. The van der Waals surface area contributed by atoms with Gasteiger partial charge in [0, 0.05) is 4.88 Å². The van der Waals surface area contributed by atoms with E-state index in [-0.39, 0.29) is 5.91 Å². The lowest BCUT2D eigenvalue weighted by molar-refractivity contribution is -0.116. The zero-order valence-corrected chi connectivity index (χ0v) is 13.4. The fourth-order valence-electron chi connectivity index (χ4n) is 1.80. The van der Waals surface area contributed by atoms with Crippen LogP contribution >= 0.6 is 11.3 Å². The fourth-order valence-corrected chi connectivity index (χ4v) is 2.62. The van der Waals surface area contributed by atoms with E-state index >= 15 is 0 Å². The predicted octanol–water partition coefficient (Wildman–Crippen LogP) is 3.21. The summed E-state index contributed by atoms with van der Waals surface area (Å²) in [5.74, 6) is 0.577. The highest BCUT2D eigenvalue weighted by Gasteiger charge is 2.16. The van der Waals surface area contributed by atoms with Crippen molar-refractivity contribution >= 4 is 28.1 Å². The summed E-state index contributed by atoms with van der Waals surface area (Å²) in [5, 5.41) is 6.60. The van der Waals surface area contributed by atoms with Crippen LogP contribution in [0, 0.1) is 13.8 Å². The molecule has 0 radical (unpaired) electrons. The van der Waals surface area contributed by atoms with Crippen LogP contribution in [0.5, 0.6) is 5.75 Å². The summed E-state index contributed by atoms with van der Waals surface area (Å²) in [4.78, 5) is 17.6. The Morgan fingerprint density at radius 2 is 2.05 bits per heavy atom. The molecule has 0 aliphatic carbocycles. The quantitative estimate of drug-likeness (QED) is 0.890. The topological polar surface area (TPSA) is 63.2 Å². The molecule has 112 valence electrons. The Kier molecular flexibility index (Phi) is 4.80. The minimum atomic E-state index is -0.397. The number of para-hydroxylation sites is 2. The molecular weight excluding hydrogens is 286 g/mol. The van der Waals surface area contributed by atoms with Gasteiger partial charge in [-0.25, -0.2) is 4.98 Å². The number of rotatable bonds is 5. The van der Waals surface area contributed by atoms with Crippen molar-refractivity contribution in [3.8, 4) is 5.75 Å². The van der Waals surface area contributed by atoms with Gasteiger partial charge in [0.2, 0.25) is 5.91 Å². The van der Waals surface area contributed by atoms with E-state index in [0.717, 1.165) is 16.3 Å². The van der Waals surface area contributed by atoms with Crippen LogP contribution in [0.4, 0.5) is 10.8 Å². The molecule has 21 heavy (non-hydrogen) atoms. The first kappa shape index (κ1) is 15.3. The number of nitrogens with zero attached hydrogens (tertiary/aromatic N) is 1. The predicted molar refractivity (Wildman–Crippen MR) is 86.3 cm³/mol. The summed E-state index contributed by atoms with van der Waals surface area (Å²) in [6.45, 7) is 5.71. The highest BCUT2D eigenvalue weighted by atomic mass is 32.1. The molecule has 6 heteroatoms. The van der Waals surface area contributed by atoms with Gasteiger partial charge >= 0.3 is 0 Å². The van der Waals surface area contributed by atoms with Crippen LogP contribution in [0.1, 0.15) is 17.5 Å². The number of nitrogens with one attached hydrogen (secondary N) is 2. The molecule has 0 aliphatic rings. The molecule has 1 amide bonds. The van der Waals surface area contributed by atoms with Gasteiger partial charge in [0.05, 0.1) is 18.5 Å². The van der Waals surface area contributed by atoms with Crippen molar-refractivity contribution in [1.29, 1.82) is 0 Å². The van der Waals surface area contributed by atoms with Gasteiger partial charge in [-0.15, -0.1) is 11.3 Å². The maximum Gasteiger partial charge on any atom is 0.248 e. The second-order valence-corrected chi connectivity index (χ2v) is 5.92. The number of hydrogen-bond donors (Lipinski definition) is 2. The number of amides is 1. The molecule has 2 rings (SSSR count). The highest BCUT2D eigenvalue weighted by Crippen LogP contribution is 2.24. The zero-order valence-electron chi connectivity index (χ0n) is 12.6. The van der Waals surface area contributed by atoms with Gasteiger partial charge in [-0.05, 0) is 32.9 Å². The van der Waals surface area contributed by atoms with Gasteiger partial charge in [0.25, 0.3) is 0 Å². The number of carbonyl (C=O) groups excluding carboxylic acids is 1. The van der Waals surface area contributed by atoms with E-state index in [9.17, 15) is 4.79 Å². The van der Waals surface area contributed by atoms with Crippen LogP contribution in [-0.2, 0) is 4.79 Å². The molecule has 1 heterocycles. The number of hydrogen-bond acceptors (Lipinski definition) is 5. The van der Waals surface area contributed by atoms with Gasteiger partial charge in [0.15, 0.2) is 5.13 Å². The molecule has 1 aromatic carbocycles. The third-order valence-corrected chi connectivity index (χ3v) is 4.12. The largest absolute Gasteiger partial charge is 0.495 e. The van der Waals surface area contributed by atoms with E-state index in [4.69, 9.17) is 4.74 Å². The molecule has 0 saturated heterocycles. The first-order valence-corrected chi connectivity index (χ1v) is 7.47. The monoisotopic (exact) mass is 305 g/mol. The molecule has 1 aromatic heterocycles. The fraction of sp³-hybridized carbons (Fsp3) is 0.333. The van der Waals surface area contributed by atoms with Gasteiger partial charge in [-0.1, -0.05) is 12.1 Å². The molecule has 0 saturated carbocycles. The van der Waals surface area contributed by atoms with E-state index in [1.807, 2.05) is 38.1 Å². The SMILES string of the molecule is COc1ccccc1N[C@H](C)C(=O)Nc1nc(C)c(C)s1. The van der Waals surface area contributed by atoms with E-state index < -0.39 is 6.04 Å². The molecule has 0 unspecified atom stereocenters. The van der Waals surface area contributed by atoms with Crippen LogP contribution in [-0.4, -0.2) is 24.0 Å². The van der Waals surface area contributed by atoms with Crippen molar-refractivity contribution in [3.63, 3.8) is 0 Å². The maximum atomic E-state index is 12.2. The van der Waals surface area contributed by atoms with Crippen molar-refractivity contribution in [2.45, 2.75) is 26.8 Å². The van der Waals surface area contributed by atoms with Gasteiger partial charge < -0.3 is 15.4 Å².